The lowest BCUT2D eigenvalue weighted by atomic mass is 10.1. The van der Waals surface area contributed by atoms with Gasteiger partial charge in [-0.3, -0.25) is 0 Å². The first kappa shape index (κ1) is 13.5. The number of methoxy groups -OCH3 is 1. The molecule has 0 aliphatic heterocycles. The smallest absolute Gasteiger partial charge is 0.343 e. The molecular formula is C15H18O4. The van der Waals surface area contributed by atoms with Crippen molar-refractivity contribution in [1.29, 1.82) is 0 Å². The minimum absolute atomic E-state index is 0.113. The fourth-order valence-corrected chi connectivity index (χ4v) is 2.13. The molecule has 4 nitrogen and oxygen atoms in total. The Labute approximate surface area is 112 Å². The van der Waals surface area contributed by atoms with Gasteiger partial charge in [0.05, 0.1) is 7.11 Å². The number of para-hydroxylation sites is 1. The van der Waals surface area contributed by atoms with Crippen molar-refractivity contribution in [2.45, 2.75) is 26.7 Å². The van der Waals surface area contributed by atoms with Gasteiger partial charge >= 0.3 is 5.97 Å². The van der Waals surface area contributed by atoms with Crippen LogP contribution in [0.5, 0.6) is 5.75 Å². The Morgan fingerprint density at radius 1 is 1.37 bits per heavy atom. The van der Waals surface area contributed by atoms with Gasteiger partial charge in [-0.1, -0.05) is 25.5 Å². The van der Waals surface area contributed by atoms with Crippen molar-refractivity contribution < 1.29 is 18.7 Å². The maximum Gasteiger partial charge on any atom is 0.343 e. The van der Waals surface area contributed by atoms with E-state index in [0.29, 0.717) is 11.3 Å². The van der Waals surface area contributed by atoms with Gasteiger partial charge in [-0.15, -0.1) is 0 Å². The summed E-state index contributed by atoms with van der Waals surface area (Å²) in [4.78, 5) is 11.1. The molecule has 1 aromatic heterocycles. The molecule has 1 heterocycles. The molecule has 0 unspecified atom stereocenters. The van der Waals surface area contributed by atoms with Gasteiger partial charge in [0.25, 0.3) is 0 Å². The van der Waals surface area contributed by atoms with Crippen LogP contribution in [0.2, 0.25) is 0 Å². The molecule has 0 aliphatic rings. The zero-order valence-electron chi connectivity index (χ0n) is 11.5. The highest BCUT2D eigenvalue weighted by Crippen LogP contribution is 2.33. The highest BCUT2D eigenvalue weighted by molar-refractivity contribution is 5.87. The summed E-state index contributed by atoms with van der Waals surface area (Å²) in [6.45, 7) is 3.98. The summed E-state index contributed by atoms with van der Waals surface area (Å²) < 4.78 is 15.8. The van der Waals surface area contributed by atoms with Crippen molar-refractivity contribution in [3.05, 3.63) is 29.5 Å². The van der Waals surface area contributed by atoms with Crippen molar-refractivity contribution >= 4 is 16.9 Å². The van der Waals surface area contributed by atoms with Crippen molar-refractivity contribution in [1.82, 2.24) is 0 Å². The first-order valence-corrected chi connectivity index (χ1v) is 6.38. The van der Waals surface area contributed by atoms with Crippen LogP contribution in [-0.2, 0) is 16.0 Å². The Balaban J connectivity index is 2.35. The van der Waals surface area contributed by atoms with Crippen LogP contribution in [0.25, 0.3) is 11.0 Å². The van der Waals surface area contributed by atoms with Crippen molar-refractivity contribution in [2.24, 2.45) is 0 Å². The molecule has 0 bridgehead atoms. The summed E-state index contributed by atoms with van der Waals surface area (Å²) in [5.74, 6) is 1.08. The van der Waals surface area contributed by atoms with Gasteiger partial charge in [0, 0.05) is 10.9 Å². The van der Waals surface area contributed by atoms with E-state index in [4.69, 9.17) is 9.15 Å². The van der Waals surface area contributed by atoms with E-state index in [0.717, 1.165) is 24.0 Å². The average Bonchev–Trinajstić information content (AvgIpc) is 2.74. The number of ether oxygens (including phenoxy) is 2. The van der Waals surface area contributed by atoms with Gasteiger partial charge in [-0.2, -0.15) is 0 Å². The third-order valence-corrected chi connectivity index (χ3v) is 3.06. The van der Waals surface area contributed by atoms with Crippen LogP contribution < -0.4 is 4.74 Å². The second kappa shape index (κ2) is 5.78. The molecule has 0 radical (unpaired) electrons. The Morgan fingerprint density at radius 2 is 2.16 bits per heavy atom. The van der Waals surface area contributed by atoms with Crippen LogP contribution in [-0.4, -0.2) is 19.7 Å². The number of hydrogen-bond donors (Lipinski definition) is 0. The maximum absolute atomic E-state index is 11.1. The number of rotatable bonds is 5. The Kier molecular flexibility index (Phi) is 4.10. The van der Waals surface area contributed by atoms with Crippen molar-refractivity contribution in [3.63, 3.8) is 0 Å². The average molecular weight is 262 g/mol. The van der Waals surface area contributed by atoms with Gasteiger partial charge in [0.2, 0.25) is 0 Å². The van der Waals surface area contributed by atoms with Crippen LogP contribution in [0.1, 0.15) is 24.7 Å². The normalized spacial score (nSPS) is 10.7. The van der Waals surface area contributed by atoms with E-state index < -0.39 is 5.97 Å². The number of esters is 1. The van der Waals surface area contributed by atoms with Crippen LogP contribution in [0, 0.1) is 6.92 Å². The van der Waals surface area contributed by atoms with Gasteiger partial charge in [0.15, 0.2) is 17.9 Å². The largest absolute Gasteiger partial charge is 0.478 e. The molecule has 19 heavy (non-hydrogen) atoms. The van der Waals surface area contributed by atoms with Crippen LogP contribution in [0.4, 0.5) is 0 Å². The number of carbonyl (C=O) groups excluding carboxylic acids is 1. The van der Waals surface area contributed by atoms with E-state index in [9.17, 15) is 4.79 Å². The van der Waals surface area contributed by atoms with Crippen LogP contribution >= 0.6 is 0 Å². The molecule has 4 heteroatoms. The first-order valence-electron chi connectivity index (χ1n) is 6.38. The van der Waals surface area contributed by atoms with Crippen LogP contribution in [0.3, 0.4) is 0 Å². The predicted octanol–water partition coefficient (Wildman–Crippen LogP) is 3.25. The minimum Gasteiger partial charge on any atom is -0.478 e. The molecule has 0 saturated heterocycles. The number of benzene rings is 1. The number of hydrogen-bond acceptors (Lipinski definition) is 4. The van der Waals surface area contributed by atoms with Gasteiger partial charge < -0.3 is 13.9 Å². The molecule has 1 aromatic carbocycles. The number of fused-ring (bicyclic) bond motifs is 1. The molecular weight excluding hydrogens is 244 g/mol. The quantitative estimate of drug-likeness (QED) is 0.776. The SMILES string of the molecule is CCCc1c(C)oc2c(OCC(=O)OC)cccc12. The second-order valence-electron chi connectivity index (χ2n) is 4.38. The number of aryl methyl sites for hydroxylation is 2. The molecule has 2 rings (SSSR count). The van der Waals surface area contributed by atoms with E-state index >= 15 is 0 Å². The Bertz CT molecular complexity index is 583. The van der Waals surface area contributed by atoms with E-state index in [1.54, 1.807) is 6.07 Å². The molecule has 0 fully saturated rings. The summed E-state index contributed by atoms with van der Waals surface area (Å²) in [5, 5.41) is 1.06. The summed E-state index contributed by atoms with van der Waals surface area (Å²) in [6, 6.07) is 5.72. The second-order valence-corrected chi connectivity index (χ2v) is 4.38. The van der Waals surface area contributed by atoms with Gasteiger partial charge in [0.1, 0.15) is 5.76 Å². The zero-order chi connectivity index (χ0) is 13.8. The van der Waals surface area contributed by atoms with E-state index in [1.807, 2.05) is 19.1 Å². The highest BCUT2D eigenvalue weighted by Gasteiger charge is 2.14. The molecule has 0 amide bonds. The minimum atomic E-state index is -0.408. The number of carbonyl (C=O) groups is 1. The van der Waals surface area contributed by atoms with Crippen molar-refractivity contribution in [2.75, 3.05) is 13.7 Å². The predicted molar refractivity (Wildman–Crippen MR) is 72.5 cm³/mol. The molecule has 0 spiro atoms. The first-order chi connectivity index (χ1) is 9.17. The summed E-state index contributed by atoms with van der Waals surface area (Å²) >= 11 is 0. The molecule has 2 aromatic rings. The lowest BCUT2D eigenvalue weighted by Gasteiger charge is -2.05. The summed E-state index contributed by atoms with van der Waals surface area (Å²) in [6.07, 6.45) is 2.03. The fourth-order valence-electron chi connectivity index (χ4n) is 2.13. The third-order valence-electron chi connectivity index (χ3n) is 3.06. The van der Waals surface area contributed by atoms with Crippen molar-refractivity contribution in [3.8, 4) is 5.75 Å². The van der Waals surface area contributed by atoms with Gasteiger partial charge in [-0.25, -0.2) is 4.79 Å². The lowest BCUT2D eigenvalue weighted by molar-refractivity contribution is -0.142. The monoisotopic (exact) mass is 262 g/mol. The molecule has 102 valence electrons. The Morgan fingerprint density at radius 3 is 2.84 bits per heavy atom. The third kappa shape index (κ3) is 2.72. The summed E-state index contributed by atoms with van der Waals surface area (Å²) in [5.41, 5.74) is 1.91. The fraction of sp³-hybridized carbons (Fsp3) is 0.400. The maximum atomic E-state index is 11.1. The molecule has 0 N–H and O–H groups in total. The molecule has 0 atom stereocenters. The van der Waals surface area contributed by atoms with Crippen LogP contribution in [0.15, 0.2) is 22.6 Å². The number of furan rings is 1. The Hall–Kier alpha value is -1.97. The van der Waals surface area contributed by atoms with E-state index in [-0.39, 0.29) is 6.61 Å². The molecule has 0 aliphatic carbocycles. The zero-order valence-corrected chi connectivity index (χ0v) is 11.5. The van der Waals surface area contributed by atoms with Gasteiger partial charge in [-0.05, 0) is 19.4 Å². The van der Waals surface area contributed by atoms with E-state index in [2.05, 4.69) is 11.7 Å². The summed E-state index contributed by atoms with van der Waals surface area (Å²) in [7, 11) is 1.34. The highest BCUT2D eigenvalue weighted by atomic mass is 16.6. The standard InChI is InChI=1S/C15H18O4/c1-4-6-11-10(2)19-15-12(11)7-5-8-13(15)18-9-14(16)17-3/h5,7-8H,4,6,9H2,1-3H3. The lowest BCUT2D eigenvalue weighted by Crippen LogP contribution is -2.12. The topological polar surface area (TPSA) is 48.7 Å². The molecule has 0 saturated carbocycles. The van der Waals surface area contributed by atoms with E-state index in [1.165, 1.54) is 12.7 Å².